The van der Waals surface area contributed by atoms with Crippen LogP contribution in [0.15, 0.2) is 18.2 Å². The van der Waals surface area contributed by atoms with Gasteiger partial charge in [-0.25, -0.2) is 4.79 Å². The number of aromatic carboxylic acids is 1. The summed E-state index contributed by atoms with van der Waals surface area (Å²) in [5.74, 6) is 4.52. The predicted molar refractivity (Wildman–Crippen MR) is 93.8 cm³/mol. The fourth-order valence-electron chi connectivity index (χ4n) is 2.55. The summed E-state index contributed by atoms with van der Waals surface area (Å²) >= 11 is 0. The fraction of sp³-hybridized carbons (Fsp3) is 0.550. The lowest BCUT2D eigenvalue weighted by atomic mass is 10.1. The molecule has 1 aromatic rings. The second-order valence-electron chi connectivity index (χ2n) is 5.89. The molecule has 0 saturated carbocycles. The molecule has 0 aliphatic heterocycles. The smallest absolute Gasteiger partial charge is 0.340 e. The summed E-state index contributed by atoms with van der Waals surface area (Å²) in [5, 5.41) is 18.7. The largest absolute Gasteiger partial charge is 0.507 e. The van der Waals surface area contributed by atoms with E-state index in [1.165, 1.54) is 57.4 Å². The molecule has 0 atom stereocenters. The molecule has 0 aliphatic carbocycles. The molecule has 0 radical (unpaired) electrons. The first-order valence-electron chi connectivity index (χ1n) is 8.71. The monoisotopic (exact) mass is 316 g/mol. The van der Waals surface area contributed by atoms with E-state index >= 15 is 0 Å². The van der Waals surface area contributed by atoms with Gasteiger partial charge in [-0.05, 0) is 18.6 Å². The molecule has 0 unspecified atom stereocenters. The van der Waals surface area contributed by atoms with Gasteiger partial charge in [-0.15, -0.1) is 0 Å². The maximum Gasteiger partial charge on any atom is 0.340 e. The van der Waals surface area contributed by atoms with Gasteiger partial charge in [0.25, 0.3) is 0 Å². The lowest BCUT2D eigenvalue weighted by Gasteiger charge is -2.01. The number of carboxylic acids is 1. The molecular weight excluding hydrogens is 288 g/mol. The maximum absolute atomic E-state index is 11.1. The van der Waals surface area contributed by atoms with Crippen LogP contribution in [0, 0.1) is 11.8 Å². The predicted octanol–water partition coefficient (Wildman–Crippen LogP) is 5.36. The topological polar surface area (TPSA) is 57.5 Å². The van der Waals surface area contributed by atoms with Gasteiger partial charge in [0.15, 0.2) is 0 Å². The summed E-state index contributed by atoms with van der Waals surface area (Å²) in [7, 11) is 0. The third kappa shape index (κ3) is 7.74. The highest BCUT2D eigenvalue weighted by molar-refractivity contribution is 5.93. The number of carboxylic acid groups (broad SMARTS) is 1. The van der Waals surface area contributed by atoms with E-state index in [1.807, 2.05) is 0 Å². The highest BCUT2D eigenvalue weighted by atomic mass is 16.4. The minimum Gasteiger partial charge on any atom is -0.507 e. The van der Waals surface area contributed by atoms with Gasteiger partial charge in [0.2, 0.25) is 0 Å². The number of phenols is 1. The number of rotatable bonds is 10. The molecule has 3 nitrogen and oxygen atoms in total. The molecule has 0 bridgehead atoms. The van der Waals surface area contributed by atoms with Gasteiger partial charge in [0, 0.05) is 12.0 Å². The second kappa shape index (κ2) is 11.6. The zero-order chi connectivity index (χ0) is 16.9. The first kappa shape index (κ1) is 19.1. The Balaban J connectivity index is 2.24. The number of carbonyl (C=O) groups is 1. The zero-order valence-corrected chi connectivity index (χ0v) is 14.1. The molecule has 1 rings (SSSR count). The van der Waals surface area contributed by atoms with Gasteiger partial charge >= 0.3 is 5.97 Å². The lowest BCUT2D eigenvalue weighted by Crippen LogP contribution is -2.00. The van der Waals surface area contributed by atoms with Crippen molar-refractivity contribution in [1.29, 1.82) is 0 Å². The van der Waals surface area contributed by atoms with Crippen molar-refractivity contribution in [1.82, 2.24) is 0 Å². The van der Waals surface area contributed by atoms with E-state index in [1.54, 1.807) is 12.1 Å². The van der Waals surface area contributed by atoms with Gasteiger partial charge in [-0.3, -0.25) is 0 Å². The maximum atomic E-state index is 11.1. The van der Waals surface area contributed by atoms with Crippen molar-refractivity contribution in [2.45, 2.75) is 71.1 Å². The minimum atomic E-state index is -1.14. The molecule has 0 fully saturated rings. The Morgan fingerprint density at radius 2 is 1.61 bits per heavy atom. The SMILES string of the molecule is CCCCCCCCCCCC#Cc1cccc(O)c1C(=O)O. The molecule has 0 aliphatic rings. The Morgan fingerprint density at radius 1 is 1.00 bits per heavy atom. The van der Waals surface area contributed by atoms with Gasteiger partial charge in [0.1, 0.15) is 11.3 Å². The normalized spacial score (nSPS) is 10.1. The number of benzene rings is 1. The fourth-order valence-corrected chi connectivity index (χ4v) is 2.55. The molecule has 0 spiro atoms. The van der Waals surface area contributed by atoms with Crippen molar-refractivity contribution in [3.05, 3.63) is 29.3 Å². The van der Waals surface area contributed by atoms with Crippen molar-refractivity contribution in [3.8, 4) is 17.6 Å². The average molecular weight is 316 g/mol. The van der Waals surface area contributed by atoms with Gasteiger partial charge in [-0.2, -0.15) is 0 Å². The van der Waals surface area contributed by atoms with Crippen LogP contribution in [0.3, 0.4) is 0 Å². The summed E-state index contributed by atoms with van der Waals surface area (Å²) in [6.45, 7) is 2.23. The summed E-state index contributed by atoms with van der Waals surface area (Å²) in [6, 6.07) is 4.62. The minimum absolute atomic E-state index is 0.105. The standard InChI is InChI=1S/C20H28O3/c1-2-3-4-5-6-7-8-9-10-11-12-14-17-15-13-16-18(21)19(17)20(22)23/h13,15-16,21H,2-11H2,1H3,(H,22,23). The van der Waals surface area contributed by atoms with E-state index in [4.69, 9.17) is 5.11 Å². The summed E-state index contributed by atoms with van der Waals surface area (Å²) in [6.07, 6.45) is 12.2. The van der Waals surface area contributed by atoms with E-state index in [2.05, 4.69) is 18.8 Å². The molecule has 126 valence electrons. The Morgan fingerprint density at radius 3 is 2.22 bits per heavy atom. The van der Waals surface area contributed by atoms with Crippen LogP contribution in [0.25, 0.3) is 0 Å². The Kier molecular flexibility index (Phi) is 9.63. The molecule has 1 aromatic carbocycles. The Bertz CT molecular complexity index is 538. The van der Waals surface area contributed by atoms with E-state index in [-0.39, 0.29) is 11.3 Å². The number of hydrogen-bond donors (Lipinski definition) is 2. The van der Waals surface area contributed by atoms with Crippen molar-refractivity contribution in [2.24, 2.45) is 0 Å². The number of hydrogen-bond acceptors (Lipinski definition) is 2. The van der Waals surface area contributed by atoms with Crippen molar-refractivity contribution in [2.75, 3.05) is 0 Å². The van der Waals surface area contributed by atoms with Gasteiger partial charge in [-0.1, -0.05) is 76.2 Å². The Labute approximate surface area is 139 Å². The van der Waals surface area contributed by atoms with E-state index in [9.17, 15) is 9.90 Å². The number of aromatic hydroxyl groups is 1. The second-order valence-corrected chi connectivity index (χ2v) is 5.89. The molecular formula is C20H28O3. The molecule has 23 heavy (non-hydrogen) atoms. The molecule has 0 heterocycles. The molecule has 3 heteroatoms. The molecule has 2 N–H and O–H groups in total. The highest BCUT2D eigenvalue weighted by Gasteiger charge is 2.13. The van der Waals surface area contributed by atoms with Gasteiger partial charge in [0.05, 0.1) is 0 Å². The van der Waals surface area contributed by atoms with Crippen molar-refractivity contribution < 1.29 is 15.0 Å². The van der Waals surface area contributed by atoms with Gasteiger partial charge < -0.3 is 10.2 Å². The van der Waals surface area contributed by atoms with Crippen LogP contribution < -0.4 is 0 Å². The van der Waals surface area contributed by atoms with Crippen molar-refractivity contribution >= 4 is 5.97 Å². The van der Waals surface area contributed by atoms with Crippen LogP contribution in [-0.4, -0.2) is 16.2 Å². The van der Waals surface area contributed by atoms with E-state index in [0.717, 1.165) is 12.8 Å². The lowest BCUT2D eigenvalue weighted by molar-refractivity contribution is 0.0693. The summed E-state index contributed by atoms with van der Waals surface area (Å²) in [5.41, 5.74) is 0.278. The molecule has 0 aromatic heterocycles. The first-order valence-corrected chi connectivity index (χ1v) is 8.71. The zero-order valence-electron chi connectivity index (χ0n) is 14.1. The van der Waals surface area contributed by atoms with Crippen molar-refractivity contribution in [3.63, 3.8) is 0 Å². The first-order chi connectivity index (χ1) is 11.2. The molecule has 0 saturated heterocycles. The quantitative estimate of drug-likeness (QED) is 0.451. The van der Waals surface area contributed by atoms with Crippen LogP contribution in [0.2, 0.25) is 0 Å². The van der Waals surface area contributed by atoms with Crippen LogP contribution >= 0.6 is 0 Å². The van der Waals surface area contributed by atoms with E-state index < -0.39 is 5.97 Å². The van der Waals surface area contributed by atoms with Crippen LogP contribution in [0.5, 0.6) is 5.75 Å². The average Bonchev–Trinajstić information content (AvgIpc) is 2.52. The number of unbranched alkanes of at least 4 members (excludes halogenated alkanes) is 9. The Hall–Kier alpha value is -1.95. The summed E-state index contributed by atoms with van der Waals surface area (Å²) in [4.78, 5) is 11.1. The molecule has 0 amide bonds. The highest BCUT2D eigenvalue weighted by Crippen LogP contribution is 2.20. The van der Waals surface area contributed by atoms with Crippen LogP contribution in [0.4, 0.5) is 0 Å². The van der Waals surface area contributed by atoms with Crippen LogP contribution in [-0.2, 0) is 0 Å². The third-order valence-electron chi connectivity index (χ3n) is 3.88. The van der Waals surface area contributed by atoms with Crippen LogP contribution in [0.1, 0.15) is 87.1 Å². The van der Waals surface area contributed by atoms with E-state index in [0.29, 0.717) is 5.56 Å². The third-order valence-corrected chi connectivity index (χ3v) is 3.88. The summed E-state index contributed by atoms with van der Waals surface area (Å²) < 4.78 is 0.